The molecule has 0 atom stereocenters. The van der Waals surface area contributed by atoms with Gasteiger partial charge in [-0.05, 0) is 25.3 Å². The van der Waals surface area contributed by atoms with Gasteiger partial charge in [-0.25, -0.2) is 0 Å². The quantitative estimate of drug-likeness (QED) is 0.244. The lowest BCUT2D eigenvalue weighted by Crippen LogP contribution is -2.57. The van der Waals surface area contributed by atoms with Gasteiger partial charge in [-0.2, -0.15) is 0 Å². The van der Waals surface area contributed by atoms with Gasteiger partial charge in [0.2, 0.25) is 5.91 Å². The van der Waals surface area contributed by atoms with Crippen LogP contribution in [-0.2, 0) is 20.9 Å². The molecule has 5 heteroatoms. The SMILES string of the molecule is CC(=O)OCCCCCCC/C=C/C(=O)N1CC[N+](C)(Cc2ccccc2)CC1. The molecule has 1 saturated heterocycles. The Labute approximate surface area is 175 Å². The van der Waals surface area contributed by atoms with E-state index in [2.05, 4.69) is 37.4 Å². The number of ether oxygens (including phenoxy) is 1. The Morgan fingerprint density at radius 1 is 1.03 bits per heavy atom. The van der Waals surface area contributed by atoms with Crippen molar-refractivity contribution in [2.75, 3.05) is 39.8 Å². The van der Waals surface area contributed by atoms with Gasteiger partial charge < -0.3 is 14.1 Å². The maximum Gasteiger partial charge on any atom is 0.302 e. The van der Waals surface area contributed by atoms with Crippen LogP contribution in [0.4, 0.5) is 0 Å². The van der Waals surface area contributed by atoms with Crippen molar-refractivity contribution in [2.24, 2.45) is 0 Å². The van der Waals surface area contributed by atoms with E-state index >= 15 is 0 Å². The first-order valence-corrected chi connectivity index (χ1v) is 10.9. The van der Waals surface area contributed by atoms with Crippen LogP contribution < -0.4 is 0 Å². The first-order chi connectivity index (χ1) is 14.0. The van der Waals surface area contributed by atoms with Crippen molar-refractivity contribution in [3.8, 4) is 0 Å². The van der Waals surface area contributed by atoms with Gasteiger partial charge in [0.05, 0.1) is 39.8 Å². The van der Waals surface area contributed by atoms with Crippen molar-refractivity contribution < 1.29 is 18.8 Å². The molecule has 0 N–H and O–H groups in total. The summed E-state index contributed by atoms with van der Waals surface area (Å²) >= 11 is 0. The molecule has 0 aliphatic carbocycles. The minimum Gasteiger partial charge on any atom is -0.466 e. The lowest BCUT2D eigenvalue weighted by molar-refractivity contribution is -0.926. The topological polar surface area (TPSA) is 46.6 Å². The molecule has 0 aromatic heterocycles. The molecule has 1 heterocycles. The number of nitrogens with zero attached hydrogens (tertiary/aromatic N) is 2. The third-order valence-electron chi connectivity index (χ3n) is 5.62. The lowest BCUT2D eigenvalue weighted by atomic mass is 10.1. The van der Waals surface area contributed by atoms with Gasteiger partial charge in [-0.1, -0.05) is 55.7 Å². The fourth-order valence-electron chi connectivity index (χ4n) is 3.75. The summed E-state index contributed by atoms with van der Waals surface area (Å²) in [6.07, 6.45) is 10.1. The number of rotatable bonds is 11. The second-order valence-electron chi connectivity index (χ2n) is 8.33. The van der Waals surface area contributed by atoms with Gasteiger partial charge in [0.25, 0.3) is 0 Å². The molecule has 0 bridgehead atoms. The number of allylic oxidation sites excluding steroid dienone is 1. The first kappa shape index (κ1) is 23.1. The molecule has 0 saturated carbocycles. The van der Waals surface area contributed by atoms with E-state index in [1.54, 1.807) is 6.08 Å². The standard InChI is InChI=1S/C24H37N2O3/c1-22(27)29-20-12-7-5-3-4-6-11-15-24(28)25-16-18-26(2,19-17-25)21-23-13-9-8-10-14-23/h8-11,13-15H,3-7,12,16-21H2,1-2H3/q+1/b15-11+. The maximum atomic E-state index is 12.4. The molecule has 29 heavy (non-hydrogen) atoms. The van der Waals surface area contributed by atoms with E-state index in [4.69, 9.17) is 4.74 Å². The summed E-state index contributed by atoms with van der Waals surface area (Å²) in [6, 6.07) is 10.6. The normalized spacial score (nSPS) is 16.1. The van der Waals surface area contributed by atoms with E-state index in [9.17, 15) is 9.59 Å². The number of unbranched alkanes of at least 4 members (excludes halogenated alkanes) is 5. The molecule has 1 fully saturated rings. The number of piperazine rings is 1. The van der Waals surface area contributed by atoms with Crippen molar-refractivity contribution >= 4 is 11.9 Å². The average molecular weight is 402 g/mol. The summed E-state index contributed by atoms with van der Waals surface area (Å²) in [7, 11) is 2.29. The molecule has 1 aromatic rings. The average Bonchev–Trinajstić information content (AvgIpc) is 2.70. The molecule has 0 unspecified atom stereocenters. The van der Waals surface area contributed by atoms with Gasteiger partial charge >= 0.3 is 5.97 Å². The van der Waals surface area contributed by atoms with Crippen LogP contribution in [-0.4, -0.2) is 61.1 Å². The largest absolute Gasteiger partial charge is 0.466 e. The van der Waals surface area contributed by atoms with E-state index < -0.39 is 0 Å². The van der Waals surface area contributed by atoms with Crippen molar-refractivity contribution in [2.45, 2.75) is 52.0 Å². The van der Waals surface area contributed by atoms with Gasteiger partial charge in [0.1, 0.15) is 6.54 Å². The number of likely N-dealkylation sites (N-methyl/N-ethyl adjacent to an activating group) is 1. The number of esters is 1. The summed E-state index contributed by atoms with van der Waals surface area (Å²) in [6.45, 7) is 6.66. The Morgan fingerprint density at radius 3 is 2.38 bits per heavy atom. The highest BCUT2D eigenvalue weighted by atomic mass is 16.5. The van der Waals surface area contributed by atoms with Crippen LogP contribution in [0.1, 0.15) is 51.0 Å². The number of amides is 1. The van der Waals surface area contributed by atoms with Crippen LogP contribution in [0.3, 0.4) is 0 Å². The zero-order valence-corrected chi connectivity index (χ0v) is 18.1. The zero-order chi connectivity index (χ0) is 21.0. The predicted molar refractivity (Wildman–Crippen MR) is 116 cm³/mol. The number of quaternary nitrogens is 1. The van der Waals surface area contributed by atoms with Crippen molar-refractivity contribution in [3.05, 3.63) is 48.0 Å². The summed E-state index contributed by atoms with van der Waals surface area (Å²) in [5.41, 5.74) is 1.36. The van der Waals surface area contributed by atoms with E-state index in [1.807, 2.05) is 11.0 Å². The highest BCUT2D eigenvalue weighted by Gasteiger charge is 2.30. The Morgan fingerprint density at radius 2 is 1.69 bits per heavy atom. The number of carbonyl (C=O) groups excluding carboxylic acids is 2. The third-order valence-corrected chi connectivity index (χ3v) is 5.62. The minimum absolute atomic E-state index is 0.150. The smallest absolute Gasteiger partial charge is 0.302 e. The monoisotopic (exact) mass is 401 g/mol. The highest BCUT2D eigenvalue weighted by molar-refractivity contribution is 5.87. The van der Waals surface area contributed by atoms with E-state index in [-0.39, 0.29) is 11.9 Å². The van der Waals surface area contributed by atoms with E-state index in [0.29, 0.717) is 6.61 Å². The number of hydrogen-bond acceptors (Lipinski definition) is 3. The fraction of sp³-hybridized carbons (Fsp3) is 0.583. The minimum atomic E-state index is -0.201. The van der Waals surface area contributed by atoms with Crippen LogP contribution >= 0.6 is 0 Å². The molecular formula is C24H37N2O3+. The van der Waals surface area contributed by atoms with Crippen LogP contribution in [0.2, 0.25) is 0 Å². The van der Waals surface area contributed by atoms with Gasteiger partial charge in [0.15, 0.2) is 0 Å². The second-order valence-corrected chi connectivity index (χ2v) is 8.33. The van der Waals surface area contributed by atoms with Crippen LogP contribution in [0.5, 0.6) is 0 Å². The fourth-order valence-corrected chi connectivity index (χ4v) is 3.75. The Balaban J connectivity index is 1.56. The van der Waals surface area contributed by atoms with Crippen LogP contribution in [0.15, 0.2) is 42.5 Å². The summed E-state index contributed by atoms with van der Waals surface area (Å²) in [5.74, 6) is -0.0504. The molecule has 1 aliphatic heterocycles. The number of hydrogen-bond donors (Lipinski definition) is 0. The van der Waals surface area contributed by atoms with E-state index in [0.717, 1.165) is 75.7 Å². The Kier molecular flexibility index (Phi) is 9.92. The lowest BCUT2D eigenvalue weighted by Gasteiger charge is -2.41. The number of carbonyl (C=O) groups is 2. The molecule has 2 rings (SSSR count). The molecule has 1 aliphatic rings. The Hall–Kier alpha value is -2.14. The molecular weight excluding hydrogens is 364 g/mol. The molecule has 0 radical (unpaired) electrons. The molecule has 5 nitrogen and oxygen atoms in total. The van der Waals surface area contributed by atoms with E-state index in [1.165, 1.54) is 12.5 Å². The van der Waals surface area contributed by atoms with Crippen molar-refractivity contribution in [3.63, 3.8) is 0 Å². The highest BCUT2D eigenvalue weighted by Crippen LogP contribution is 2.16. The molecule has 160 valence electrons. The van der Waals surface area contributed by atoms with Gasteiger partial charge in [0, 0.05) is 12.5 Å². The Bertz CT molecular complexity index is 649. The summed E-state index contributed by atoms with van der Waals surface area (Å²) in [4.78, 5) is 25.1. The van der Waals surface area contributed by atoms with Gasteiger partial charge in [-0.15, -0.1) is 0 Å². The van der Waals surface area contributed by atoms with Gasteiger partial charge in [-0.3, -0.25) is 9.59 Å². The van der Waals surface area contributed by atoms with Crippen LogP contribution in [0.25, 0.3) is 0 Å². The predicted octanol–water partition coefficient (Wildman–Crippen LogP) is 3.94. The summed E-state index contributed by atoms with van der Waals surface area (Å²) in [5, 5.41) is 0. The second kappa shape index (κ2) is 12.4. The zero-order valence-electron chi connectivity index (χ0n) is 18.1. The maximum absolute atomic E-state index is 12.4. The molecule has 0 spiro atoms. The first-order valence-electron chi connectivity index (χ1n) is 10.9. The third kappa shape index (κ3) is 9.27. The molecule has 1 amide bonds. The molecule has 1 aromatic carbocycles. The van der Waals surface area contributed by atoms with Crippen LogP contribution in [0, 0.1) is 0 Å². The van der Waals surface area contributed by atoms with Crippen molar-refractivity contribution in [1.29, 1.82) is 0 Å². The summed E-state index contributed by atoms with van der Waals surface area (Å²) < 4.78 is 5.92. The number of benzene rings is 1. The van der Waals surface area contributed by atoms with Crippen molar-refractivity contribution in [1.82, 2.24) is 4.90 Å².